The van der Waals surface area contributed by atoms with Gasteiger partial charge in [0.2, 0.25) is 0 Å². The lowest BCUT2D eigenvalue weighted by molar-refractivity contribution is -0.166. The van der Waals surface area contributed by atoms with Crippen molar-refractivity contribution in [2.24, 2.45) is 11.8 Å². The molecule has 3 nitrogen and oxygen atoms in total. The summed E-state index contributed by atoms with van der Waals surface area (Å²) in [5, 5.41) is 9.93. The fourth-order valence-corrected chi connectivity index (χ4v) is 4.53. The van der Waals surface area contributed by atoms with Gasteiger partial charge in [0, 0.05) is 6.42 Å². The molecule has 0 aromatic heterocycles. The van der Waals surface area contributed by atoms with Gasteiger partial charge in [-0.05, 0) is 37.5 Å². The monoisotopic (exact) mass is 278 g/mol. The van der Waals surface area contributed by atoms with Crippen molar-refractivity contribution in [3.8, 4) is 0 Å². The lowest BCUT2D eigenvalue weighted by Gasteiger charge is -2.41. The summed E-state index contributed by atoms with van der Waals surface area (Å²) in [5.74, 6) is 1.13. The van der Waals surface area contributed by atoms with Gasteiger partial charge < -0.3 is 9.84 Å². The summed E-state index contributed by atoms with van der Waals surface area (Å²) in [5.41, 5.74) is -0.408. The Morgan fingerprint density at radius 3 is 2.45 bits per heavy atom. The molecule has 3 rings (SSSR count). The molecule has 1 aliphatic heterocycles. The molecule has 0 aromatic carbocycles. The molecule has 0 spiro atoms. The zero-order valence-electron chi connectivity index (χ0n) is 12.3. The minimum atomic E-state index is -0.408. The number of aliphatic hydroxyl groups excluding tert-OH is 1. The Labute approximate surface area is 121 Å². The Kier molecular flexibility index (Phi) is 4.04. The van der Waals surface area contributed by atoms with E-state index in [-0.39, 0.29) is 11.7 Å². The predicted molar refractivity (Wildman–Crippen MR) is 77.3 cm³/mol. The van der Waals surface area contributed by atoms with Crippen molar-refractivity contribution in [1.29, 1.82) is 0 Å². The van der Waals surface area contributed by atoms with E-state index in [9.17, 15) is 9.90 Å². The Bertz CT molecular complexity index is 389. The normalized spacial score (nSPS) is 32.4. The van der Waals surface area contributed by atoms with Crippen LogP contribution in [0.5, 0.6) is 0 Å². The van der Waals surface area contributed by atoms with Crippen molar-refractivity contribution in [3.63, 3.8) is 0 Å². The molecule has 2 saturated carbocycles. The maximum absolute atomic E-state index is 11.8. The zero-order valence-corrected chi connectivity index (χ0v) is 12.3. The highest BCUT2D eigenvalue weighted by molar-refractivity contribution is 5.83. The van der Waals surface area contributed by atoms with Crippen molar-refractivity contribution in [3.05, 3.63) is 11.8 Å². The number of cyclic esters (lactones) is 1. The molecule has 1 unspecified atom stereocenters. The number of carbonyl (C=O) groups is 1. The van der Waals surface area contributed by atoms with Gasteiger partial charge in [-0.15, -0.1) is 0 Å². The summed E-state index contributed by atoms with van der Waals surface area (Å²) in [6, 6.07) is 0. The Morgan fingerprint density at radius 1 is 1.15 bits per heavy atom. The van der Waals surface area contributed by atoms with Gasteiger partial charge in [-0.1, -0.05) is 38.5 Å². The lowest BCUT2D eigenvalue weighted by atomic mass is 9.76. The summed E-state index contributed by atoms with van der Waals surface area (Å²) in [6.45, 7) is 0. The second-order valence-corrected chi connectivity index (χ2v) is 6.97. The minimum Gasteiger partial charge on any atom is -0.512 e. The van der Waals surface area contributed by atoms with E-state index in [1.165, 1.54) is 44.6 Å². The first-order valence-corrected chi connectivity index (χ1v) is 8.30. The number of rotatable bonds is 4. The number of carbonyl (C=O) groups excluding carboxylic acids is 1. The average Bonchev–Trinajstić information content (AvgIpc) is 3.09. The first-order valence-electron chi connectivity index (χ1n) is 8.30. The van der Waals surface area contributed by atoms with Gasteiger partial charge in [-0.25, -0.2) is 4.79 Å². The number of hydrogen-bond donors (Lipinski definition) is 1. The van der Waals surface area contributed by atoms with E-state index in [1.807, 2.05) is 0 Å². The van der Waals surface area contributed by atoms with Crippen molar-refractivity contribution < 1.29 is 14.6 Å². The van der Waals surface area contributed by atoms with Gasteiger partial charge in [-0.2, -0.15) is 0 Å². The Morgan fingerprint density at radius 2 is 1.80 bits per heavy atom. The van der Waals surface area contributed by atoms with Gasteiger partial charge in [0.25, 0.3) is 0 Å². The minimum absolute atomic E-state index is 0.222. The van der Waals surface area contributed by atoms with Crippen LogP contribution in [0.25, 0.3) is 0 Å². The van der Waals surface area contributed by atoms with Gasteiger partial charge in [0.05, 0.1) is 6.08 Å². The summed E-state index contributed by atoms with van der Waals surface area (Å²) in [4.78, 5) is 11.8. The Hall–Kier alpha value is -0.990. The number of esters is 1. The molecule has 1 atom stereocenters. The van der Waals surface area contributed by atoms with Crippen LogP contribution in [-0.4, -0.2) is 16.7 Å². The third-order valence-corrected chi connectivity index (χ3v) is 5.62. The van der Waals surface area contributed by atoms with Crippen LogP contribution in [0.3, 0.4) is 0 Å². The molecule has 3 aliphatic rings. The van der Waals surface area contributed by atoms with E-state index >= 15 is 0 Å². The quantitative estimate of drug-likeness (QED) is 0.781. The van der Waals surface area contributed by atoms with E-state index < -0.39 is 5.60 Å². The van der Waals surface area contributed by atoms with Crippen LogP contribution in [0.15, 0.2) is 11.8 Å². The van der Waals surface area contributed by atoms with Crippen molar-refractivity contribution in [1.82, 2.24) is 0 Å². The maximum atomic E-state index is 11.8. The van der Waals surface area contributed by atoms with Crippen molar-refractivity contribution in [2.45, 2.75) is 76.2 Å². The van der Waals surface area contributed by atoms with Crippen LogP contribution in [-0.2, 0) is 9.53 Å². The average molecular weight is 278 g/mol. The fraction of sp³-hybridized carbons (Fsp3) is 0.824. The van der Waals surface area contributed by atoms with E-state index in [1.54, 1.807) is 0 Å². The molecule has 0 amide bonds. The molecule has 1 heterocycles. The molecule has 0 aromatic rings. The van der Waals surface area contributed by atoms with E-state index in [2.05, 4.69) is 0 Å². The number of aliphatic hydroxyl groups is 1. The first kappa shape index (κ1) is 14.0. The van der Waals surface area contributed by atoms with Gasteiger partial charge in [0.15, 0.2) is 0 Å². The second-order valence-electron chi connectivity index (χ2n) is 6.97. The Balaban J connectivity index is 1.72. The summed E-state index contributed by atoms with van der Waals surface area (Å²) in [6.07, 6.45) is 14.0. The summed E-state index contributed by atoms with van der Waals surface area (Å²) in [7, 11) is 0. The molecule has 0 radical (unpaired) electrons. The number of hydrogen-bond acceptors (Lipinski definition) is 3. The maximum Gasteiger partial charge on any atom is 0.334 e. The highest BCUT2D eigenvalue weighted by Crippen LogP contribution is 2.46. The zero-order chi connectivity index (χ0) is 14.0. The second kappa shape index (κ2) is 5.79. The molecule has 3 heteroatoms. The van der Waals surface area contributed by atoms with Crippen LogP contribution in [0, 0.1) is 11.8 Å². The highest BCUT2D eigenvalue weighted by Gasteiger charge is 2.46. The molecule has 2 aliphatic carbocycles. The third kappa shape index (κ3) is 2.87. The summed E-state index contributed by atoms with van der Waals surface area (Å²) >= 11 is 0. The van der Waals surface area contributed by atoms with Crippen LogP contribution in [0.4, 0.5) is 0 Å². The van der Waals surface area contributed by atoms with Crippen LogP contribution in [0.1, 0.15) is 70.6 Å². The standard InChI is InChI=1S/C17H26O3/c18-15-11-16(19)20-17(12-15,14-7-3-4-8-14)10-9-13-5-1-2-6-13/h11,13-14,18H,1-10,12H2. The van der Waals surface area contributed by atoms with Gasteiger partial charge in [0.1, 0.15) is 11.4 Å². The van der Waals surface area contributed by atoms with E-state index in [0.717, 1.165) is 31.6 Å². The van der Waals surface area contributed by atoms with Gasteiger partial charge in [-0.3, -0.25) is 0 Å². The smallest absolute Gasteiger partial charge is 0.334 e. The van der Waals surface area contributed by atoms with Crippen molar-refractivity contribution in [2.75, 3.05) is 0 Å². The first-order chi connectivity index (χ1) is 9.68. The largest absolute Gasteiger partial charge is 0.512 e. The molecule has 0 bridgehead atoms. The molecule has 1 N–H and O–H groups in total. The van der Waals surface area contributed by atoms with Crippen LogP contribution >= 0.6 is 0 Å². The highest BCUT2D eigenvalue weighted by atomic mass is 16.6. The predicted octanol–water partition coefficient (Wildman–Crippen LogP) is 4.27. The van der Waals surface area contributed by atoms with Crippen LogP contribution < -0.4 is 0 Å². The molecular formula is C17H26O3. The van der Waals surface area contributed by atoms with Crippen molar-refractivity contribution >= 4 is 5.97 Å². The molecule has 112 valence electrons. The molecule has 20 heavy (non-hydrogen) atoms. The third-order valence-electron chi connectivity index (χ3n) is 5.62. The molecule has 0 saturated heterocycles. The lowest BCUT2D eigenvalue weighted by Crippen LogP contribution is -2.44. The van der Waals surface area contributed by atoms with Crippen LogP contribution in [0.2, 0.25) is 0 Å². The summed E-state index contributed by atoms with van der Waals surface area (Å²) < 4.78 is 5.81. The molecular weight excluding hydrogens is 252 g/mol. The SMILES string of the molecule is O=C1C=C(O)CC(CCC2CCCC2)(C2CCCC2)O1. The topological polar surface area (TPSA) is 46.5 Å². The van der Waals surface area contributed by atoms with Gasteiger partial charge >= 0.3 is 5.97 Å². The molecule has 2 fully saturated rings. The van der Waals surface area contributed by atoms with E-state index in [4.69, 9.17) is 4.74 Å². The number of ether oxygens (including phenoxy) is 1. The van der Waals surface area contributed by atoms with E-state index in [0.29, 0.717) is 12.3 Å². The fourth-order valence-electron chi connectivity index (χ4n) is 4.53.